The van der Waals surface area contributed by atoms with Crippen LogP contribution in [-0.2, 0) is 11.3 Å². The number of imidazole rings is 1. The number of nitrogens with one attached hydrogen (secondary N) is 2. The van der Waals surface area contributed by atoms with E-state index in [1.807, 2.05) is 30.5 Å². The maximum absolute atomic E-state index is 13.5. The zero-order valence-electron chi connectivity index (χ0n) is 19.1. The summed E-state index contributed by atoms with van der Waals surface area (Å²) in [5.74, 6) is -0.677. The van der Waals surface area contributed by atoms with Gasteiger partial charge in [-0.05, 0) is 43.2 Å². The number of halogens is 2. The molecule has 0 atom stereocenters. The Morgan fingerprint density at radius 2 is 1.95 bits per heavy atom. The summed E-state index contributed by atoms with van der Waals surface area (Å²) in [6.45, 7) is -0.359. The lowest BCUT2D eigenvalue weighted by Gasteiger charge is -2.23. The van der Waals surface area contributed by atoms with Gasteiger partial charge in [0.2, 0.25) is 5.91 Å². The van der Waals surface area contributed by atoms with Gasteiger partial charge < -0.3 is 24.3 Å². The molecule has 2 N–H and O–H groups in total. The number of rotatable bonds is 5. The Balaban J connectivity index is 1.26. The Morgan fingerprint density at radius 1 is 1.11 bits per heavy atom. The second-order valence-electron chi connectivity index (χ2n) is 9.01. The Morgan fingerprint density at radius 3 is 2.78 bits per heavy atom. The number of aromatic amines is 2. The Kier molecular flexibility index (Phi) is 4.44. The lowest BCUT2D eigenvalue weighted by molar-refractivity contribution is -0.286. The van der Waals surface area contributed by atoms with Gasteiger partial charge in [0.1, 0.15) is 12.2 Å². The van der Waals surface area contributed by atoms with Gasteiger partial charge in [0.05, 0.1) is 11.8 Å². The quantitative estimate of drug-likeness (QED) is 0.376. The van der Waals surface area contributed by atoms with Crippen LogP contribution in [0.5, 0.6) is 11.5 Å². The first-order valence-electron chi connectivity index (χ1n) is 11.6. The van der Waals surface area contributed by atoms with Gasteiger partial charge in [0, 0.05) is 40.5 Å². The van der Waals surface area contributed by atoms with Gasteiger partial charge in [0.25, 0.3) is 5.56 Å². The summed E-state index contributed by atoms with van der Waals surface area (Å²) in [7, 11) is 0. The van der Waals surface area contributed by atoms with E-state index in [1.165, 1.54) is 29.4 Å². The predicted octanol–water partition coefficient (Wildman–Crippen LogP) is 3.79. The zero-order valence-corrected chi connectivity index (χ0v) is 19.1. The van der Waals surface area contributed by atoms with E-state index in [0.29, 0.717) is 16.9 Å². The second kappa shape index (κ2) is 7.63. The van der Waals surface area contributed by atoms with E-state index < -0.39 is 17.8 Å². The van der Waals surface area contributed by atoms with Gasteiger partial charge in [-0.1, -0.05) is 6.07 Å². The summed E-state index contributed by atoms with van der Waals surface area (Å²) < 4.78 is 37.1. The summed E-state index contributed by atoms with van der Waals surface area (Å²) in [6, 6.07) is 11.7. The number of aromatic nitrogens is 5. The molecule has 5 aromatic rings. The highest BCUT2D eigenvalue weighted by molar-refractivity contribution is 5.96. The highest BCUT2D eigenvalue weighted by Gasteiger charge is 2.44. The largest absolute Gasteiger partial charge is 0.586 e. The van der Waals surface area contributed by atoms with Crippen LogP contribution in [0.15, 0.2) is 59.8 Å². The SMILES string of the molecule is O=C(Cn1nc(-c2ccc3[nH]ccc3c2)c2[nH]cnc2c1=O)N(c1ccc2c(c1)OC(F)(F)O2)C1CC1. The number of benzene rings is 2. The van der Waals surface area contributed by atoms with Crippen LogP contribution in [0, 0.1) is 0 Å². The lowest BCUT2D eigenvalue weighted by atomic mass is 10.1. The molecule has 3 aromatic heterocycles. The van der Waals surface area contributed by atoms with Gasteiger partial charge >= 0.3 is 6.29 Å². The third-order valence-corrected chi connectivity index (χ3v) is 6.49. The van der Waals surface area contributed by atoms with Crippen molar-refractivity contribution in [3.05, 3.63) is 65.3 Å². The van der Waals surface area contributed by atoms with Gasteiger partial charge in [-0.2, -0.15) is 5.10 Å². The number of hydrogen-bond acceptors (Lipinski definition) is 6. The summed E-state index contributed by atoms with van der Waals surface area (Å²) >= 11 is 0. The number of hydrogen-bond donors (Lipinski definition) is 2. The van der Waals surface area contributed by atoms with Crippen molar-refractivity contribution in [2.45, 2.75) is 31.7 Å². The maximum atomic E-state index is 13.5. The average Bonchev–Trinajstić information content (AvgIpc) is 3.26. The van der Waals surface area contributed by atoms with Gasteiger partial charge in [-0.25, -0.2) is 9.67 Å². The molecule has 7 rings (SSSR count). The minimum absolute atomic E-state index is 0.108. The van der Waals surface area contributed by atoms with E-state index >= 15 is 0 Å². The molecular formula is C25H18F2N6O4. The van der Waals surface area contributed by atoms with Crippen LogP contribution in [0.3, 0.4) is 0 Å². The van der Waals surface area contributed by atoms with Crippen LogP contribution in [0.25, 0.3) is 33.2 Å². The van der Waals surface area contributed by atoms with E-state index in [2.05, 4.69) is 29.5 Å². The number of alkyl halides is 2. The maximum Gasteiger partial charge on any atom is 0.586 e. The third-order valence-electron chi connectivity index (χ3n) is 6.49. The highest BCUT2D eigenvalue weighted by atomic mass is 19.3. The van der Waals surface area contributed by atoms with Crippen LogP contribution in [0.1, 0.15) is 12.8 Å². The molecular weight excluding hydrogens is 486 g/mol. The van der Waals surface area contributed by atoms with Gasteiger partial charge in [-0.3, -0.25) is 9.59 Å². The fourth-order valence-electron chi connectivity index (χ4n) is 4.67. The van der Waals surface area contributed by atoms with Crippen molar-refractivity contribution < 1.29 is 23.0 Å². The molecule has 1 aliphatic carbocycles. The molecule has 186 valence electrons. The Labute approximate surface area is 206 Å². The van der Waals surface area contributed by atoms with Crippen molar-refractivity contribution in [2.24, 2.45) is 0 Å². The monoisotopic (exact) mass is 504 g/mol. The standard InChI is InChI=1S/C25H18F2N6O4/c26-25(27)36-18-6-4-16(10-19(18)37-25)33(15-2-3-15)20(34)11-32-24(35)23-22(29-12-30-23)21(31-32)14-1-5-17-13(9-14)7-8-28-17/h1,4-10,12,15,28H,2-3,11H2,(H,29,30). The zero-order chi connectivity index (χ0) is 25.3. The molecule has 1 fully saturated rings. The molecule has 0 saturated heterocycles. The fourth-order valence-corrected chi connectivity index (χ4v) is 4.67. The first-order valence-corrected chi connectivity index (χ1v) is 11.6. The second-order valence-corrected chi connectivity index (χ2v) is 9.01. The summed E-state index contributed by atoms with van der Waals surface area (Å²) in [5, 5.41) is 5.50. The van der Waals surface area contributed by atoms with Crippen molar-refractivity contribution in [1.82, 2.24) is 24.7 Å². The average molecular weight is 504 g/mol. The molecule has 1 aliphatic heterocycles. The third kappa shape index (κ3) is 3.60. The van der Waals surface area contributed by atoms with Crippen molar-refractivity contribution >= 4 is 33.5 Å². The first-order chi connectivity index (χ1) is 17.9. The van der Waals surface area contributed by atoms with Crippen LogP contribution in [0.2, 0.25) is 0 Å². The number of fused-ring (bicyclic) bond motifs is 3. The topological polar surface area (TPSA) is 118 Å². The van der Waals surface area contributed by atoms with E-state index in [4.69, 9.17) is 0 Å². The molecule has 4 heterocycles. The number of H-pyrrole nitrogens is 2. The molecule has 0 radical (unpaired) electrons. The van der Waals surface area contributed by atoms with Gasteiger partial charge in [-0.15, -0.1) is 8.78 Å². The Bertz CT molecular complexity index is 1770. The van der Waals surface area contributed by atoms with Gasteiger partial charge in [0.15, 0.2) is 17.0 Å². The van der Waals surface area contributed by atoms with Crippen molar-refractivity contribution in [1.29, 1.82) is 0 Å². The van der Waals surface area contributed by atoms with Crippen LogP contribution >= 0.6 is 0 Å². The molecule has 0 unspecified atom stereocenters. The molecule has 2 aromatic carbocycles. The molecule has 12 heteroatoms. The van der Waals surface area contributed by atoms with E-state index in [0.717, 1.165) is 34.0 Å². The number of ether oxygens (including phenoxy) is 2. The van der Waals surface area contributed by atoms with Crippen molar-refractivity contribution in [3.8, 4) is 22.8 Å². The fraction of sp³-hybridized carbons (Fsp3) is 0.200. The Hall–Kier alpha value is -4.74. The molecule has 1 saturated carbocycles. The van der Waals surface area contributed by atoms with E-state index in [-0.39, 0.29) is 29.6 Å². The summed E-state index contributed by atoms with van der Waals surface area (Å²) in [6.07, 6.45) is 0.984. The normalized spacial score (nSPS) is 15.9. The summed E-state index contributed by atoms with van der Waals surface area (Å²) in [5.41, 5.74) is 2.67. The first kappa shape index (κ1) is 21.5. The number of carbonyl (C=O) groups excluding carboxylic acids is 1. The molecule has 0 bridgehead atoms. The minimum atomic E-state index is -3.76. The van der Waals surface area contributed by atoms with Crippen molar-refractivity contribution in [3.63, 3.8) is 0 Å². The number of amides is 1. The predicted molar refractivity (Wildman–Crippen MR) is 129 cm³/mol. The number of nitrogens with zero attached hydrogens (tertiary/aromatic N) is 4. The van der Waals surface area contributed by atoms with E-state index in [9.17, 15) is 18.4 Å². The molecule has 0 spiro atoms. The van der Waals surface area contributed by atoms with Crippen LogP contribution in [-0.4, -0.2) is 43.0 Å². The molecule has 37 heavy (non-hydrogen) atoms. The number of carbonyl (C=O) groups is 1. The van der Waals surface area contributed by atoms with E-state index in [1.54, 1.807) is 0 Å². The molecule has 1 amide bonds. The lowest BCUT2D eigenvalue weighted by Crippen LogP contribution is -2.39. The van der Waals surface area contributed by atoms with Crippen LogP contribution < -0.4 is 19.9 Å². The van der Waals surface area contributed by atoms with Crippen LogP contribution in [0.4, 0.5) is 14.5 Å². The van der Waals surface area contributed by atoms with Crippen molar-refractivity contribution in [2.75, 3.05) is 4.90 Å². The summed E-state index contributed by atoms with van der Waals surface area (Å²) in [4.78, 5) is 38.5. The number of anilines is 1. The smallest absolute Gasteiger partial charge is 0.395 e. The minimum Gasteiger partial charge on any atom is -0.395 e. The highest BCUT2D eigenvalue weighted by Crippen LogP contribution is 2.44. The molecule has 2 aliphatic rings. The molecule has 10 nitrogen and oxygen atoms in total.